The van der Waals surface area contributed by atoms with E-state index in [1.165, 1.54) is 30.4 Å². The van der Waals surface area contributed by atoms with Gasteiger partial charge in [-0.1, -0.05) is 24.3 Å². The van der Waals surface area contributed by atoms with Gasteiger partial charge >= 0.3 is 0 Å². The van der Waals surface area contributed by atoms with Gasteiger partial charge in [0.2, 0.25) is 0 Å². The number of halogens is 1. The molecule has 0 saturated heterocycles. The maximum Gasteiger partial charge on any atom is 0.191 e. The molecule has 4 nitrogen and oxygen atoms in total. The Labute approximate surface area is 177 Å². The van der Waals surface area contributed by atoms with Crippen molar-refractivity contribution in [1.29, 1.82) is 0 Å². The van der Waals surface area contributed by atoms with Gasteiger partial charge in [0.05, 0.1) is 10.7 Å². The van der Waals surface area contributed by atoms with Crippen LogP contribution in [-0.2, 0) is 12.8 Å². The zero-order valence-electron chi connectivity index (χ0n) is 15.6. The predicted octanol–water partition coefficient (Wildman–Crippen LogP) is 4.29. The van der Waals surface area contributed by atoms with Crippen LogP contribution in [0.5, 0.6) is 0 Å². The van der Waals surface area contributed by atoms with Crippen molar-refractivity contribution in [3.63, 3.8) is 0 Å². The van der Waals surface area contributed by atoms with Crippen molar-refractivity contribution < 1.29 is 0 Å². The molecular formula is C20H29IN4S. The van der Waals surface area contributed by atoms with Gasteiger partial charge in [0, 0.05) is 37.4 Å². The lowest BCUT2D eigenvalue weighted by molar-refractivity contribution is 0.559. The van der Waals surface area contributed by atoms with Crippen molar-refractivity contribution in [2.45, 2.75) is 45.4 Å². The molecule has 0 radical (unpaired) electrons. The number of benzene rings is 1. The van der Waals surface area contributed by atoms with Crippen molar-refractivity contribution in [3.8, 4) is 0 Å². The quantitative estimate of drug-likeness (QED) is 0.366. The van der Waals surface area contributed by atoms with Gasteiger partial charge in [0.1, 0.15) is 0 Å². The summed E-state index contributed by atoms with van der Waals surface area (Å²) in [6, 6.07) is 8.85. The molecule has 3 rings (SSSR count). The van der Waals surface area contributed by atoms with Crippen LogP contribution in [0.4, 0.5) is 0 Å². The minimum absolute atomic E-state index is 0. The summed E-state index contributed by atoms with van der Waals surface area (Å²) >= 11 is 1.71. The molecule has 1 aliphatic rings. The number of aryl methyl sites for hydroxylation is 2. The topological polar surface area (TPSA) is 49.3 Å². The molecule has 6 heteroatoms. The van der Waals surface area contributed by atoms with Crippen molar-refractivity contribution in [2.24, 2.45) is 4.99 Å². The highest BCUT2D eigenvalue weighted by atomic mass is 127. The van der Waals surface area contributed by atoms with Crippen LogP contribution in [0.2, 0.25) is 0 Å². The summed E-state index contributed by atoms with van der Waals surface area (Å²) in [6.45, 7) is 6.74. The Morgan fingerprint density at radius 2 is 2.15 bits per heavy atom. The number of aliphatic imine (C=N–C) groups is 1. The van der Waals surface area contributed by atoms with Crippen molar-refractivity contribution >= 4 is 41.3 Å². The molecule has 0 spiro atoms. The zero-order chi connectivity index (χ0) is 17.5. The third-order valence-electron chi connectivity index (χ3n) is 4.65. The maximum absolute atomic E-state index is 4.85. The van der Waals surface area contributed by atoms with E-state index in [9.17, 15) is 0 Å². The summed E-state index contributed by atoms with van der Waals surface area (Å²) in [4.78, 5) is 9.37. The second-order valence-corrected chi connectivity index (χ2v) is 7.60. The van der Waals surface area contributed by atoms with Crippen LogP contribution in [0.25, 0.3) is 0 Å². The SMILES string of the molecule is CCNC(=NCC1CCCc2ccccc21)NCCc1csc(C)n1.I. The van der Waals surface area contributed by atoms with Gasteiger partial charge in [-0.2, -0.15) is 0 Å². The fourth-order valence-electron chi connectivity index (χ4n) is 3.42. The van der Waals surface area contributed by atoms with Gasteiger partial charge in [0.25, 0.3) is 0 Å². The number of nitrogens with zero attached hydrogens (tertiary/aromatic N) is 2. The predicted molar refractivity (Wildman–Crippen MR) is 122 cm³/mol. The fraction of sp³-hybridized carbons (Fsp3) is 0.500. The average molecular weight is 484 g/mol. The third-order valence-corrected chi connectivity index (χ3v) is 5.47. The first-order chi connectivity index (χ1) is 12.3. The van der Waals surface area contributed by atoms with Gasteiger partial charge in [-0.3, -0.25) is 4.99 Å². The molecule has 0 amide bonds. The number of nitrogens with one attached hydrogen (secondary N) is 2. The van der Waals surface area contributed by atoms with E-state index in [0.717, 1.165) is 42.7 Å². The van der Waals surface area contributed by atoms with E-state index < -0.39 is 0 Å². The second-order valence-electron chi connectivity index (χ2n) is 6.54. The number of thiazole rings is 1. The zero-order valence-corrected chi connectivity index (χ0v) is 18.8. The summed E-state index contributed by atoms with van der Waals surface area (Å²) in [7, 11) is 0. The maximum atomic E-state index is 4.85. The first-order valence-electron chi connectivity index (χ1n) is 9.27. The molecule has 142 valence electrons. The summed E-state index contributed by atoms with van der Waals surface area (Å²) in [5.74, 6) is 1.46. The number of hydrogen-bond acceptors (Lipinski definition) is 3. The minimum Gasteiger partial charge on any atom is -0.357 e. The number of fused-ring (bicyclic) bond motifs is 1. The number of rotatable bonds is 6. The van der Waals surface area contributed by atoms with Crippen LogP contribution in [0.3, 0.4) is 0 Å². The van der Waals surface area contributed by atoms with Gasteiger partial charge in [-0.15, -0.1) is 35.3 Å². The molecule has 1 aromatic carbocycles. The lowest BCUT2D eigenvalue weighted by Gasteiger charge is -2.24. The van der Waals surface area contributed by atoms with Crippen LogP contribution < -0.4 is 10.6 Å². The smallest absolute Gasteiger partial charge is 0.191 e. The molecule has 0 bridgehead atoms. The highest BCUT2D eigenvalue weighted by molar-refractivity contribution is 14.0. The van der Waals surface area contributed by atoms with Crippen LogP contribution in [-0.4, -0.2) is 30.6 Å². The Bertz CT molecular complexity index is 713. The highest BCUT2D eigenvalue weighted by Crippen LogP contribution is 2.31. The molecule has 26 heavy (non-hydrogen) atoms. The first kappa shape index (κ1) is 21.2. The first-order valence-corrected chi connectivity index (χ1v) is 10.1. The monoisotopic (exact) mass is 484 g/mol. The number of hydrogen-bond donors (Lipinski definition) is 2. The van der Waals surface area contributed by atoms with E-state index in [4.69, 9.17) is 4.99 Å². The van der Waals surface area contributed by atoms with E-state index in [1.54, 1.807) is 11.3 Å². The van der Waals surface area contributed by atoms with Crippen molar-refractivity contribution in [2.75, 3.05) is 19.6 Å². The van der Waals surface area contributed by atoms with Crippen LogP contribution >= 0.6 is 35.3 Å². The van der Waals surface area contributed by atoms with E-state index in [0.29, 0.717) is 5.92 Å². The Balaban J connectivity index is 0.00000243. The molecule has 1 unspecified atom stereocenters. The molecule has 0 aliphatic heterocycles. The molecule has 1 atom stereocenters. The highest BCUT2D eigenvalue weighted by Gasteiger charge is 2.19. The molecule has 2 aromatic rings. The van der Waals surface area contributed by atoms with Crippen LogP contribution in [0, 0.1) is 6.92 Å². The van der Waals surface area contributed by atoms with Crippen molar-refractivity contribution in [1.82, 2.24) is 15.6 Å². The average Bonchev–Trinajstić information content (AvgIpc) is 3.05. The Kier molecular flexibility index (Phi) is 8.84. The fourth-order valence-corrected chi connectivity index (χ4v) is 4.07. The number of guanidine groups is 1. The van der Waals surface area contributed by atoms with Crippen molar-refractivity contribution in [3.05, 3.63) is 51.5 Å². The van der Waals surface area contributed by atoms with Gasteiger partial charge in [-0.25, -0.2) is 4.98 Å². The molecular weight excluding hydrogens is 455 g/mol. The summed E-state index contributed by atoms with van der Waals surface area (Å²) in [6.07, 6.45) is 4.64. The summed E-state index contributed by atoms with van der Waals surface area (Å²) in [5, 5.41) is 10.1. The summed E-state index contributed by atoms with van der Waals surface area (Å²) in [5.41, 5.74) is 4.16. The van der Waals surface area contributed by atoms with Gasteiger partial charge in [0.15, 0.2) is 5.96 Å². The largest absolute Gasteiger partial charge is 0.357 e. The van der Waals surface area contributed by atoms with E-state index in [-0.39, 0.29) is 24.0 Å². The Morgan fingerprint density at radius 1 is 1.31 bits per heavy atom. The Hall–Kier alpha value is -1.15. The van der Waals surface area contributed by atoms with Crippen LogP contribution in [0.1, 0.15) is 47.5 Å². The van der Waals surface area contributed by atoms with Gasteiger partial charge < -0.3 is 10.6 Å². The molecule has 1 aromatic heterocycles. The van der Waals surface area contributed by atoms with E-state index in [2.05, 4.69) is 59.1 Å². The molecule has 0 fully saturated rings. The molecule has 1 heterocycles. The second kappa shape index (κ2) is 10.9. The standard InChI is InChI=1S/C20H28N4S.HI/c1-3-21-20(22-12-11-18-14-25-15(2)24-18)23-13-17-9-6-8-16-7-4-5-10-19(16)17;/h4-5,7,10,14,17H,3,6,8-9,11-13H2,1-2H3,(H2,21,22,23);1H. The lowest BCUT2D eigenvalue weighted by Crippen LogP contribution is -2.38. The van der Waals surface area contributed by atoms with Crippen LogP contribution in [0.15, 0.2) is 34.6 Å². The molecule has 1 aliphatic carbocycles. The molecule has 2 N–H and O–H groups in total. The molecule has 0 saturated carbocycles. The van der Waals surface area contributed by atoms with E-state index in [1.807, 2.05) is 0 Å². The Morgan fingerprint density at radius 3 is 2.92 bits per heavy atom. The van der Waals surface area contributed by atoms with Gasteiger partial charge in [-0.05, 0) is 44.2 Å². The lowest BCUT2D eigenvalue weighted by atomic mass is 9.83. The number of aromatic nitrogens is 1. The minimum atomic E-state index is 0. The third kappa shape index (κ3) is 5.94. The normalized spacial score (nSPS) is 16.5. The summed E-state index contributed by atoms with van der Waals surface area (Å²) < 4.78 is 0. The van der Waals surface area contributed by atoms with E-state index >= 15 is 0 Å².